The second kappa shape index (κ2) is 6.85. The van der Waals surface area contributed by atoms with Crippen LogP contribution in [0, 0.1) is 0 Å². The third-order valence-corrected chi connectivity index (χ3v) is 2.80. The molecule has 0 saturated carbocycles. The molecule has 5 nitrogen and oxygen atoms in total. The number of halogens is 1. The zero-order chi connectivity index (χ0) is 15.2. The molecule has 2 rings (SSSR count). The first-order valence-corrected chi connectivity index (χ1v) is 6.73. The van der Waals surface area contributed by atoms with Crippen LogP contribution in [-0.4, -0.2) is 12.7 Å². The highest BCUT2D eigenvalue weighted by Gasteiger charge is 2.08. The van der Waals surface area contributed by atoms with Gasteiger partial charge in [-0.1, -0.05) is 17.7 Å². The van der Waals surface area contributed by atoms with Gasteiger partial charge in [-0.3, -0.25) is 5.32 Å². The minimum atomic E-state index is -0.624. The standard InChI is InChI=1S/C15H15ClN2O3/c1-2-20-14-7-6-12(9-13(14)17)21-15(19)18-11-5-3-4-10(16)8-11/h3-9H,2,17H2,1H3,(H,18,19). The summed E-state index contributed by atoms with van der Waals surface area (Å²) in [5.74, 6) is 0.885. The van der Waals surface area contributed by atoms with Gasteiger partial charge < -0.3 is 15.2 Å². The summed E-state index contributed by atoms with van der Waals surface area (Å²) in [5.41, 5.74) is 6.76. The molecule has 0 aliphatic rings. The average molecular weight is 307 g/mol. The van der Waals surface area contributed by atoms with E-state index >= 15 is 0 Å². The fraction of sp³-hybridized carbons (Fsp3) is 0.133. The molecule has 0 aliphatic heterocycles. The van der Waals surface area contributed by atoms with Gasteiger partial charge in [-0.15, -0.1) is 0 Å². The number of carbonyl (C=O) groups is 1. The van der Waals surface area contributed by atoms with E-state index in [0.29, 0.717) is 34.5 Å². The molecule has 0 heterocycles. The second-order valence-electron chi connectivity index (χ2n) is 4.16. The van der Waals surface area contributed by atoms with Crippen LogP contribution < -0.4 is 20.5 Å². The molecule has 110 valence electrons. The number of rotatable bonds is 4. The predicted molar refractivity (Wildman–Crippen MR) is 83.1 cm³/mol. The Morgan fingerprint density at radius 2 is 2.10 bits per heavy atom. The van der Waals surface area contributed by atoms with Gasteiger partial charge in [0.05, 0.1) is 12.3 Å². The van der Waals surface area contributed by atoms with Gasteiger partial charge in [0.1, 0.15) is 11.5 Å². The minimum Gasteiger partial charge on any atom is -0.492 e. The Kier molecular flexibility index (Phi) is 4.90. The number of nitrogens with one attached hydrogen (secondary N) is 1. The van der Waals surface area contributed by atoms with Gasteiger partial charge in [0.2, 0.25) is 0 Å². The van der Waals surface area contributed by atoms with E-state index in [1.165, 1.54) is 6.07 Å². The first-order chi connectivity index (χ1) is 10.1. The number of hydrogen-bond donors (Lipinski definition) is 2. The number of amides is 1. The number of nitrogen functional groups attached to an aromatic ring is 1. The van der Waals surface area contributed by atoms with Crippen LogP contribution >= 0.6 is 11.6 Å². The van der Waals surface area contributed by atoms with Crippen LogP contribution in [0.5, 0.6) is 11.5 Å². The fourth-order valence-electron chi connectivity index (χ4n) is 1.69. The second-order valence-corrected chi connectivity index (χ2v) is 4.59. The Balaban J connectivity index is 2.01. The fourth-order valence-corrected chi connectivity index (χ4v) is 1.88. The van der Waals surface area contributed by atoms with Crippen molar-refractivity contribution in [1.82, 2.24) is 0 Å². The Morgan fingerprint density at radius 3 is 2.76 bits per heavy atom. The maximum Gasteiger partial charge on any atom is 0.417 e. The minimum absolute atomic E-state index is 0.329. The summed E-state index contributed by atoms with van der Waals surface area (Å²) in [6.07, 6.45) is -0.624. The smallest absolute Gasteiger partial charge is 0.417 e. The normalized spacial score (nSPS) is 10.0. The lowest BCUT2D eigenvalue weighted by Gasteiger charge is -2.10. The van der Waals surface area contributed by atoms with E-state index in [4.69, 9.17) is 26.8 Å². The number of benzene rings is 2. The van der Waals surface area contributed by atoms with Gasteiger partial charge in [0.25, 0.3) is 0 Å². The van der Waals surface area contributed by atoms with E-state index in [-0.39, 0.29) is 0 Å². The Morgan fingerprint density at radius 1 is 1.29 bits per heavy atom. The monoisotopic (exact) mass is 306 g/mol. The molecule has 0 unspecified atom stereocenters. The van der Waals surface area contributed by atoms with Gasteiger partial charge in [0, 0.05) is 16.8 Å². The van der Waals surface area contributed by atoms with Crippen molar-refractivity contribution in [3.8, 4) is 11.5 Å². The van der Waals surface area contributed by atoms with Crippen LogP contribution in [0.15, 0.2) is 42.5 Å². The Hall–Kier alpha value is -2.40. The van der Waals surface area contributed by atoms with Crippen molar-refractivity contribution in [2.75, 3.05) is 17.7 Å². The molecule has 21 heavy (non-hydrogen) atoms. The van der Waals surface area contributed by atoms with Crippen LogP contribution in [0.3, 0.4) is 0 Å². The summed E-state index contributed by atoms with van der Waals surface area (Å²) in [4.78, 5) is 11.8. The van der Waals surface area contributed by atoms with Crippen LogP contribution in [0.1, 0.15) is 6.92 Å². The van der Waals surface area contributed by atoms with Crippen molar-refractivity contribution < 1.29 is 14.3 Å². The van der Waals surface area contributed by atoms with Crippen LogP contribution in [0.25, 0.3) is 0 Å². The molecule has 0 spiro atoms. The highest BCUT2D eigenvalue weighted by Crippen LogP contribution is 2.26. The molecule has 0 aliphatic carbocycles. The average Bonchev–Trinajstić information content (AvgIpc) is 2.42. The number of nitrogens with two attached hydrogens (primary N) is 1. The first-order valence-electron chi connectivity index (χ1n) is 6.35. The van der Waals surface area contributed by atoms with Crippen LogP contribution in [-0.2, 0) is 0 Å². The number of ether oxygens (including phenoxy) is 2. The molecule has 0 radical (unpaired) electrons. The van der Waals surface area contributed by atoms with E-state index in [1.807, 2.05) is 6.92 Å². The summed E-state index contributed by atoms with van der Waals surface area (Å²) in [6, 6.07) is 11.6. The van der Waals surface area contributed by atoms with Gasteiger partial charge in [-0.2, -0.15) is 0 Å². The molecule has 3 N–H and O–H groups in total. The first kappa shape index (κ1) is 15.0. The van der Waals surface area contributed by atoms with E-state index < -0.39 is 6.09 Å². The number of hydrogen-bond acceptors (Lipinski definition) is 4. The molecule has 6 heteroatoms. The third-order valence-electron chi connectivity index (χ3n) is 2.56. The highest BCUT2D eigenvalue weighted by molar-refractivity contribution is 6.30. The zero-order valence-corrected chi connectivity index (χ0v) is 12.2. The van der Waals surface area contributed by atoms with E-state index in [9.17, 15) is 4.79 Å². The Labute approximate surface area is 127 Å². The maximum absolute atomic E-state index is 11.8. The number of carbonyl (C=O) groups excluding carboxylic acids is 1. The van der Waals surface area contributed by atoms with Gasteiger partial charge >= 0.3 is 6.09 Å². The molecule has 0 bridgehead atoms. The summed E-state index contributed by atoms with van der Waals surface area (Å²) < 4.78 is 10.5. The van der Waals surface area contributed by atoms with Crippen molar-refractivity contribution >= 4 is 29.1 Å². The molecule has 0 saturated heterocycles. The Bertz CT molecular complexity index is 647. The van der Waals surface area contributed by atoms with Crippen LogP contribution in [0.2, 0.25) is 5.02 Å². The number of anilines is 2. The van der Waals surface area contributed by atoms with Crippen molar-refractivity contribution in [2.24, 2.45) is 0 Å². The largest absolute Gasteiger partial charge is 0.492 e. The summed E-state index contributed by atoms with van der Waals surface area (Å²) in [7, 11) is 0. The zero-order valence-electron chi connectivity index (χ0n) is 11.4. The summed E-state index contributed by atoms with van der Waals surface area (Å²) >= 11 is 5.83. The molecule has 2 aromatic rings. The third kappa shape index (κ3) is 4.29. The SMILES string of the molecule is CCOc1ccc(OC(=O)Nc2cccc(Cl)c2)cc1N. The molecular formula is C15H15ClN2O3. The topological polar surface area (TPSA) is 73.6 Å². The van der Waals surface area contributed by atoms with Gasteiger partial charge in [-0.05, 0) is 37.3 Å². The van der Waals surface area contributed by atoms with Crippen LogP contribution in [0.4, 0.5) is 16.2 Å². The van der Waals surface area contributed by atoms with E-state index in [1.54, 1.807) is 36.4 Å². The molecule has 0 fully saturated rings. The molecular weight excluding hydrogens is 292 g/mol. The predicted octanol–water partition coefficient (Wildman–Crippen LogP) is 3.93. The van der Waals surface area contributed by atoms with Gasteiger partial charge in [0.15, 0.2) is 0 Å². The molecule has 1 amide bonds. The lowest BCUT2D eigenvalue weighted by atomic mass is 10.3. The lowest BCUT2D eigenvalue weighted by molar-refractivity contribution is 0.215. The van der Waals surface area contributed by atoms with Crippen molar-refractivity contribution in [1.29, 1.82) is 0 Å². The van der Waals surface area contributed by atoms with E-state index in [0.717, 1.165) is 0 Å². The van der Waals surface area contributed by atoms with E-state index in [2.05, 4.69) is 5.32 Å². The van der Waals surface area contributed by atoms with Crippen molar-refractivity contribution in [3.63, 3.8) is 0 Å². The van der Waals surface area contributed by atoms with Gasteiger partial charge in [-0.25, -0.2) is 4.79 Å². The molecule has 0 atom stereocenters. The summed E-state index contributed by atoms with van der Waals surface area (Å²) in [5, 5.41) is 3.10. The summed E-state index contributed by atoms with van der Waals surface area (Å²) in [6.45, 7) is 2.38. The quantitative estimate of drug-likeness (QED) is 0.839. The van der Waals surface area contributed by atoms with Crippen molar-refractivity contribution in [3.05, 3.63) is 47.5 Å². The lowest BCUT2D eigenvalue weighted by Crippen LogP contribution is -2.16. The molecule has 0 aromatic heterocycles. The highest BCUT2D eigenvalue weighted by atomic mass is 35.5. The van der Waals surface area contributed by atoms with Crippen molar-refractivity contribution in [2.45, 2.75) is 6.92 Å². The maximum atomic E-state index is 11.8. The molecule has 2 aromatic carbocycles.